The lowest BCUT2D eigenvalue weighted by atomic mass is 9.77. The van der Waals surface area contributed by atoms with Gasteiger partial charge in [0.05, 0.1) is 11.5 Å². The first-order chi connectivity index (χ1) is 9.92. The van der Waals surface area contributed by atoms with Gasteiger partial charge in [-0.3, -0.25) is 0 Å². The molecule has 0 amide bonds. The minimum absolute atomic E-state index is 0.224. The number of ether oxygens (including phenoxy) is 1. The highest BCUT2D eigenvalue weighted by molar-refractivity contribution is 5.29. The van der Waals surface area contributed by atoms with Crippen molar-refractivity contribution in [1.82, 2.24) is 0 Å². The average Bonchev–Trinajstić information content (AvgIpc) is 2.66. The zero-order valence-electron chi connectivity index (χ0n) is 11.7. The number of nitrogens with zero attached hydrogens (tertiary/aromatic N) is 1. The molecule has 2 rings (SSSR count). The number of nitriles is 1. The highest BCUT2D eigenvalue weighted by Crippen LogP contribution is 2.37. The molecule has 0 aromatic heterocycles. The summed E-state index contributed by atoms with van der Waals surface area (Å²) < 4.78 is 40.2. The maximum absolute atomic E-state index is 12.1. The fraction of sp³-hybridized carbons (Fsp3) is 0.562. The molecule has 0 heterocycles. The fourth-order valence-electron chi connectivity index (χ4n) is 2.93. The molecular weight excluding hydrogens is 279 g/mol. The quantitative estimate of drug-likeness (QED) is 0.736. The highest BCUT2D eigenvalue weighted by atomic mass is 19.4. The molecular formula is C16H18F3NO. The van der Waals surface area contributed by atoms with Crippen LogP contribution in [0.3, 0.4) is 0 Å². The van der Waals surface area contributed by atoms with Crippen molar-refractivity contribution in [3.8, 4) is 11.8 Å². The molecule has 0 aliphatic heterocycles. The zero-order valence-corrected chi connectivity index (χ0v) is 11.7. The standard InChI is InChI=1S/C16H18F3NO/c17-16(18,19)21-14-7-5-13(6-8-14)11-15(12-20)9-3-1-2-4-10-15/h5-8H,1-4,9-11H2. The van der Waals surface area contributed by atoms with Crippen molar-refractivity contribution in [2.24, 2.45) is 5.41 Å². The van der Waals surface area contributed by atoms with Crippen LogP contribution < -0.4 is 4.74 Å². The van der Waals surface area contributed by atoms with Crippen molar-refractivity contribution in [1.29, 1.82) is 5.26 Å². The van der Waals surface area contributed by atoms with E-state index in [1.165, 1.54) is 12.1 Å². The normalized spacial score (nSPS) is 18.6. The van der Waals surface area contributed by atoms with Crippen LogP contribution in [0.5, 0.6) is 5.75 Å². The topological polar surface area (TPSA) is 33.0 Å². The molecule has 114 valence electrons. The third-order valence-corrected chi connectivity index (χ3v) is 4.00. The molecule has 0 bridgehead atoms. The Morgan fingerprint density at radius 2 is 1.62 bits per heavy atom. The highest BCUT2D eigenvalue weighted by Gasteiger charge is 2.32. The summed E-state index contributed by atoms with van der Waals surface area (Å²) in [4.78, 5) is 0. The molecule has 1 fully saturated rings. The van der Waals surface area contributed by atoms with E-state index in [4.69, 9.17) is 0 Å². The Hall–Kier alpha value is -1.70. The molecule has 0 unspecified atom stereocenters. The van der Waals surface area contributed by atoms with Gasteiger partial charge in [0, 0.05) is 0 Å². The number of halogens is 3. The number of alkyl halides is 3. The van der Waals surface area contributed by atoms with Crippen LogP contribution >= 0.6 is 0 Å². The Bertz CT molecular complexity index is 494. The van der Waals surface area contributed by atoms with Gasteiger partial charge in [-0.05, 0) is 37.0 Å². The van der Waals surface area contributed by atoms with Crippen LogP contribution in [-0.4, -0.2) is 6.36 Å². The molecule has 0 N–H and O–H groups in total. The molecule has 2 nitrogen and oxygen atoms in total. The zero-order chi connectivity index (χ0) is 15.3. The molecule has 1 saturated carbocycles. The van der Waals surface area contributed by atoms with E-state index in [-0.39, 0.29) is 11.2 Å². The molecule has 1 aromatic carbocycles. The largest absolute Gasteiger partial charge is 0.573 e. The first-order valence-corrected chi connectivity index (χ1v) is 7.18. The lowest BCUT2D eigenvalue weighted by Crippen LogP contribution is -2.21. The third kappa shape index (κ3) is 4.66. The van der Waals surface area contributed by atoms with Crippen LogP contribution in [0, 0.1) is 16.7 Å². The maximum atomic E-state index is 12.1. The van der Waals surface area contributed by atoms with Crippen LogP contribution in [0.1, 0.15) is 44.1 Å². The van der Waals surface area contributed by atoms with Crippen LogP contribution in [-0.2, 0) is 6.42 Å². The number of rotatable bonds is 3. The molecule has 21 heavy (non-hydrogen) atoms. The molecule has 0 atom stereocenters. The minimum atomic E-state index is -4.67. The van der Waals surface area contributed by atoms with E-state index in [0.29, 0.717) is 6.42 Å². The smallest absolute Gasteiger partial charge is 0.406 e. The summed E-state index contributed by atoms with van der Waals surface area (Å²) in [6.45, 7) is 0. The number of hydrogen-bond acceptors (Lipinski definition) is 2. The summed E-state index contributed by atoms with van der Waals surface area (Å²) in [6.07, 6.45) is 2.05. The Labute approximate surface area is 122 Å². The van der Waals surface area contributed by atoms with Gasteiger partial charge in [0.1, 0.15) is 5.75 Å². The maximum Gasteiger partial charge on any atom is 0.573 e. The second-order valence-electron chi connectivity index (χ2n) is 5.67. The second kappa shape index (κ2) is 6.38. The van der Waals surface area contributed by atoms with Gasteiger partial charge in [0.2, 0.25) is 0 Å². The predicted molar refractivity (Wildman–Crippen MR) is 72.6 cm³/mol. The van der Waals surface area contributed by atoms with Crippen LogP contribution in [0.2, 0.25) is 0 Å². The van der Waals surface area contributed by atoms with Crippen molar-refractivity contribution in [2.45, 2.75) is 51.3 Å². The van der Waals surface area contributed by atoms with E-state index in [1.807, 2.05) is 0 Å². The summed E-state index contributed by atoms with van der Waals surface area (Å²) in [5, 5.41) is 9.51. The minimum Gasteiger partial charge on any atom is -0.406 e. The summed E-state index contributed by atoms with van der Waals surface area (Å²) >= 11 is 0. The molecule has 1 aromatic rings. The monoisotopic (exact) mass is 297 g/mol. The summed E-state index contributed by atoms with van der Waals surface area (Å²) in [7, 11) is 0. The van der Waals surface area contributed by atoms with E-state index >= 15 is 0 Å². The van der Waals surface area contributed by atoms with Crippen LogP contribution in [0.25, 0.3) is 0 Å². The first-order valence-electron chi connectivity index (χ1n) is 7.18. The van der Waals surface area contributed by atoms with E-state index in [1.54, 1.807) is 12.1 Å². The average molecular weight is 297 g/mol. The van der Waals surface area contributed by atoms with Gasteiger partial charge in [-0.1, -0.05) is 37.8 Å². The van der Waals surface area contributed by atoms with Crippen LogP contribution in [0.15, 0.2) is 24.3 Å². The summed E-state index contributed by atoms with van der Waals surface area (Å²) in [5.74, 6) is -0.224. The molecule has 5 heteroatoms. The Kier molecular flexibility index (Phi) is 4.76. The molecule has 0 radical (unpaired) electrons. The first kappa shape index (κ1) is 15.7. The lowest BCUT2D eigenvalue weighted by Gasteiger charge is -2.25. The molecule has 1 aliphatic rings. The lowest BCUT2D eigenvalue weighted by molar-refractivity contribution is -0.274. The van der Waals surface area contributed by atoms with Gasteiger partial charge in [0.15, 0.2) is 0 Å². The van der Waals surface area contributed by atoms with Gasteiger partial charge >= 0.3 is 6.36 Å². The second-order valence-corrected chi connectivity index (χ2v) is 5.67. The van der Waals surface area contributed by atoms with Gasteiger partial charge in [0.25, 0.3) is 0 Å². The van der Waals surface area contributed by atoms with E-state index in [2.05, 4.69) is 10.8 Å². The van der Waals surface area contributed by atoms with E-state index in [0.717, 1.165) is 44.1 Å². The van der Waals surface area contributed by atoms with Crippen LogP contribution in [0.4, 0.5) is 13.2 Å². The van der Waals surface area contributed by atoms with Crippen molar-refractivity contribution < 1.29 is 17.9 Å². The van der Waals surface area contributed by atoms with Crippen molar-refractivity contribution in [3.05, 3.63) is 29.8 Å². The van der Waals surface area contributed by atoms with E-state index in [9.17, 15) is 18.4 Å². The molecule has 0 spiro atoms. The summed E-state index contributed by atoms with van der Waals surface area (Å²) in [6, 6.07) is 8.30. The summed E-state index contributed by atoms with van der Waals surface area (Å²) in [5.41, 5.74) is 0.510. The predicted octanol–water partition coefficient (Wildman–Crippen LogP) is 4.99. The van der Waals surface area contributed by atoms with Crippen molar-refractivity contribution in [3.63, 3.8) is 0 Å². The number of benzene rings is 1. The number of hydrogen-bond donors (Lipinski definition) is 0. The van der Waals surface area contributed by atoms with Gasteiger partial charge in [-0.2, -0.15) is 5.26 Å². The Morgan fingerprint density at radius 1 is 1.05 bits per heavy atom. The molecule has 1 aliphatic carbocycles. The SMILES string of the molecule is N#CC1(Cc2ccc(OC(F)(F)F)cc2)CCCCCC1. The molecule has 0 saturated heterocycles. The van der Waals surface area contributed by atoms with Crippen molar-refractivity contribution >= 4 is 0 Å². The van der Waals surface area contributed by atoms with Crippen molar-refractivity contribution in [2.75, 3.05) is 0 Å². The van der Waals surface area contributed by atoms with E-state index < -0.39 is 6.36 Å². The van der Waals surface area contributed by atoms with Gasteiger partial charge < -0.3 is 4.74 Å². The fourth-order valence-corrected chi connectivity index (χ4v) is 2.93. The third-order valence-electron chi connectivity index (χ3n) is 4.00. The Morgan fingerprint density at radius 3 is 2.10 bits per heavy atom. The van der Waals surface area contributed by atoms with Gasteiger partial charge in [-0.25, -0.2) is 0 Å². The Balaban J connectivity index is 2.06. The van der Waals surface area contributed by atoms with Gasteiger partial charge in [-0.15, -0.1) is 13.2 Å².